The molecule has 1 unspecified atom stereocenters. The molecule has 41 heavy (non-hydrogen) atoms. The number of nitrogens with one attached hydrogen (secondary N) is 1. The summed E-state index contributed by atoms with van der Waals surface area (Å²) in [6, 6.07) is 22.0. The molecule has 2 N–H and O–H groups in total. The number of likely N-dealkylation sites (tertiary alicyclic amines) is 1. The molecule has 1 aromatic heterocycles. The minimum atomic E-state index is -0.975. The lowest BCUT2D eigenvalue weighted by Crippen LogP contribution is -2.29. The van der Waals surface area contributed by atoms with Gasteiger partial charge in [-0.05, 0) is 66.4 Å². The first-order valence-electron chi connectivity index (χ1n) is 13.3. The largest absolute Gasteiger partial charge is 0.872 e. The monoisotopic (exact) mass is 550 g/mol. The number of aromatic nitrogens is 1. The number of benzene rings is 3. The number of aryl methyl sites for hydroxylation is 1. The molecule has 2 heterocycles. The number of hydrogen-bond acceptors (Lipinski definition) is 6. The number of pyridine rings is 1. The highest BCUT2D eigenvalue weighted by Gasteiger charge is 2.44. The maximum Gasteiger partial charge on any atom is 0.295 e. The molecule has 0 saturated carbocycles. The number of phenolic OH excluding ortho intramolecular Hbond substituents is 1. The van der Waals surface area contributed by atoms with E-state index in [1.165, 1.54) is 11.0 Å². The summed E-state index contributed by atoms with van der Waals surface area (Å²) in [4.78, 5) is 31.1. The van der Waals surface area contributed by atoms with Crippen molar-refractivity contribution < 1.29 is 34.3 Å². The zero-order valence-electron chi connectivity index (χ0n) is 22.8. The van der Waals surface area contributed by atoms with Gasteiger partial charge < -0.3 is 24.6 Å². The van der Waals surface area contributed by atoms with Gasteiger partial charge in [-0.3, -0.25) is 9.59 Å². The van der Waals surface area contributed by atoms with Crippen LogP contribution in [-0.4, -0.2) is 28.3 Å². The zero-order valence-corrected chi connectivity index (χ0v) is 22.8. The molecule has 1 amide bonds. The molecule has 0 spiro atoms. The number of rotatable bonds is 9. The Labute approximate surface area is 238 Å². The summed E-state index contributed by atoms with van der Waals surface area (Å²) in [5.41, 5.74) is 3.09. The maximum atomic E-state index is 13.9. The average Bonchev–Trinajstić information content (AvgIpc) is 3.23. The third-order valence-electron chi connectivity index (χ3n) is 6.93. The van der Waals surface area contributed by atoms with Crippen LogP contribution in [0.1, 0.15) is 40.8 Å². The van der Waals surface area contributed by atoms with Gasteiger partial charge in [-0.15, -0.1) is 0 Å². The van der Waals surface area contributed by atoms with Crippen LogP contribution in [0.25, 0.3) is 5.76 Å². The Morgan fingerprint density at radius 2 is 1.73 bits per heavy atom. The molecule has 0 radical (unpaired) electrons. The molecule has 1 aliphatic heterocycles. The summed E-state index contributed by atoms with van der Waals surface area (Å²) in [6.07, 6.45) is 3.47. The summed E-state index contributed by atoms with van der Waals surface area (Å²) < 4.78 is 11.5. The van der Waals surface area contributed by atoms with E-state index in [-0.39, 0.29) is 29.2 Å². The van der Waals surface area contributed by atoms with E-state index in [1.54, 1.807) is 55.7 Å². The highest BCUT2D eigenvalue weighted by molar-refractivity contribution is 6.46. The molecular formula is C33H30N2O6. The van der Waals surface area contributed by atoms with Gasteiger partial charge in [-0.2, -0.15) is 0 Å². The smallest absolute Gasteiger partial charge is 0.295 e. The van der Waals surface area contributed by atoms with Crippen LogP contribution in [0.3, 0.4) is 0 Å². The van der Waals surface area contributed by atoms with E-state index in [2.05, 4.69) is 4.98 Å². The van der Waals surface area contributed by atoms with E-state index in [4.69, 9.17) is 9.47 Å². The lowest BCUT2D eigenvalue weighted by molar-refractivity contribution is -0.378. The predicted molar refractivity (Wildman–Crippen MR) is 149 cm³/mol. The molecule has 0 aliphatic carbocycles. The number of Topliss-reactive ketones (excluding diaryl/α,β-unsaturated/α-hetero) is 1. The predicted octanol–water partition coefficient (Wildman–Crippen LogP) is 3.92. The average molecular weight is 551 g/mol. The fraction of sp³-hybridized carbons (Fsp3) is 0.182. The Hall–Kier alpha value is -5.11. The SMILES string of the molecule is CCOc1cc(C2C(=C([O-])c3ccc(OCc4ccccc4)c(C)c3)C(=O)C(=O)N2Cc2ccc[nH+]c2)ccc1O. The quantitative estimate of drug-likeness (QED) is 0.192. The second-order valence-electron chi connectivity index (χ2n) is 9.73. The van der Waals surface area contributed by atoms with Crippen molar-refractivity contribution in [2.24, 2.45) is 0 Å². The third kappa shape index (κ3) is 5.77. The molecule has 3 aromatic carbocycles. The summed E-state index contributed by atoms with van der Waals surface area (Å²) in [5.74, 6) is -1.43. The lowest BCUT2D eigenvalue weighted by Gasteiger charge is -2.28. The molecule has 4 aromatic rings. The number of phenols is 1. The third-order valence-corrected chi connectivity index (χ3v) is 6.93. The van der Waals surface area contributed by atoms with Crippen molar-refractivity contribution in [2.75, 3.05) is 6.61 Å². The van der Waals surface area contributed by atoms with E-state index in [0.717, 1.165) is 16.7 Å². The topological polar surface area (TPSA) is 113 Å². The maximum absolute atomic E-state index is 13.9. The molecule has 208 valence electrons. The Kier molecular flexibility index (Phi) is 8.01. The Bertz CT molecular complexity index is 1600. The van der Waals surface area contributed by atoms with E-state index < -0.39 is 23.5 Å². The van der Waals surface area contributed by atoms with Gasteiger partial charge in [0.05, 0.1) is 19.2 Å². The van der Waals surface area contributed by atoms with Gasteiger partial charge in [0, 0.05) is 17.2 Å². The molecule has 8 heteroatoms. The Morgan fingerprint density at radius 1 is 0.951 bits per heavy atom. The zero-order chi connectivity index (χ0) is 28.9. The fourth-order valence-electron chi connectivity index (χ4n) is 4.92. The van der Waals surface area contributed by atoms with Gasteiger partial charge >= 0.3 is 0 Å². The van der Waals surface area contributed by atoms with Crippen molar-refractivity contribution in [3.8, 4) is 17.2 Å². The molecular weight excluding hydrogens is 520 g/mol. The number of carbonyl (C=O) groups is 2. The summed E-state index contributed by atoms with van der Waals surface area (Å²) >= 11 is 0. The molecule has 8 nitrogen and oxygen atoms in total. The second kappa shape index (κ2) is 12.0. The van der Waals surface area contributed by atoms with E-state index in [1.807, 2.05) is 43.3 Å². The molecule has 5 rings (SSSR count). The van der Waals surface area contributed by atoms with Crippen LogP contribution in [0.4, 0.5) is 0 Å². The minimum Gasteiger partial charge on any atom is -0.872 e. The number of H-pyrrole nitrogens is 1. The molecule has 1 aliphatic rings. The van der Waals surface area contributed by atoms with Crippen molar-refractivity contribution >= 4 is 17.4 Å². The van der Waals surface area contributed by atoms with Crippen LogP contribution in [-0.2, 0) is 22.7 Å². The fourth-order valence-corrected chi connectivity index (χ4v) is 4.92. The van der Waals surface area contributed by atoms with Crippen LogP contribution in [0, 0.1) is 6.92 Å². The van der Waals surface area contributed by atoms with E-state index in [0.29, 0.717) is 24.5 Å². The van der Waals surface area contributed by atoms with Crippen molar-refractivity contribution in [2.45, 2.75) is 33.0 Å². The van der Waals surface area contributed by atoms with Crippen LogP contribution < -0.4 is 19.6 Å². The van der Waals surface area contributed by atoms with Crippen molar-refractivity contribution in [1.82, 2.24) is 4.90 Å². The van der Waals surface area contributed by atoms with Gasteiger partial charge in [0.2, 0.25) is 5.78 Å². The number of aromatic amines is 1. The second-order valence-corrected chi connectivity index (χ2v) is 9.73. The number of carbonyl (C=O) groups excluding carboxylic acids is 2. The van der Waals surface area contributed by atoms with Crippen LogP contribution in [0.2, 0.25) is 0 Å². The normalized spacial score (nSPS) is 16.1. The van der Waals surface area contributed by atoms with Crippen molar-refractivity contribution in [1.29, 1.82) is 0 Å². The Balaban J connectivity index is 1.55. The highest BCUT2D eigenvalue weighted by Crippen LogP contribution is 2.42. The van der Waals surface area contributed by atoms with Gasteiger partial charge in [0.25, 0.3) is 5.91 Å². The molecule has 0 bridgehead atoms. The number of aromatic hydroxyl groups is 1. The van der Waals surface area contributed by atoms with Gasteiger partial charge in [-0.1, -0.05) is 48.2 Å². The first-order chi connectivity index (χ1) is 19.9. The van der Waals surface area contributed by atoms with E-state index >= 15 is 0 Å². The summed E-state index contributed by atoms with van der Waals surface area (Å²) in [5, 5.41) is 24.2. The van der Waals surface area contributed by atoms with Crippen molar-refractivity contribution in [3.05, 3.63) is 125 Å². The first-order valence-corrected chi connectivity index (χ1v) is 13.3. The molecule has 1 fully saturated rings. The number of amides is 1. The summed E-state index contributed by atoms with van der Waals surface area (Å²) in [6.45, 7) is 4.38. The van der Waals surface area contributed by atoms with E-state index in [9.17, 15) is 19.8 Å². The molecule has 1 saturated heterocycles. The van der Waals surface area contributed by atoms with Crippen LogP contribution >= 0.6 is 0 Å². The Morgan fingerprint density at radius 3 is 2.44 bits per heavy atom. The lowest BCUT2D eigenvalue weighted by atomic mass is 9.94. The standard InChI is InChI=1S/C33H30N2O6/c1-3-40-28-17-24(11-13-26(28)36)30-29(32(38)33(39)35(30)19-23-10-7-15-34-18-23)31(37)25-12-14-27(21(2)16-25)41-20-22-8-5-4-6-9-22/h4-18,30,36-37H,3,19-20H2,1-2H3. The van der Waals surface area contributed by atoms with Gasteiger partial charge in [-0.25, -0.2) is 4.98 Å². The van der Waals surface area contributed by atoms with Crippen LogP contribution in [0.15, 0.2) is 96.8 Å². The number of ether oxygens (including phenoxy) is 2. The van der Waals surface area contributed by atoms with Crippen LogP contribution in [0.5, 0.6) is 17.2 Å². The van der Waals surface area contributed by atoms with Gasteiger partial charge in [0.15, 0.2) is 23.9 Å². The van der Waals surface area contributed by atoms with Crippen molar-refractivity contribution in [3.63, 3.8) is 0 Å². The minimum absolute atomic E-state index is 0.0787. The highest BCUT2D eigenvalue weighted by atomic mass is 16.5. The first kappa shape index (κ1) is 27.5. The molecule has 1 atom stereocenters. The summed E-state index contributed by atoms with van der Waals surface area (Å²) in [7, 11) is 0. The number of nitrogens with zero attached hydrogens (tertiary/aromatic N) is 1. The number of ketones is 1. The number of hydrogen-bond donors (Lipinski definition) is 1. The van der Waals surface area contributed by atoms with Gasteiger partial charge in [0.1, 0.15) is 12.4 Å².